The Hall–Kier alpha value is -2.06. The standard InChI is InChI=1S/C18H22N4O2S2/c1-11(2)16-20-21-18(22(16)3)26-10-12-9-25-17(19-12)13-7-6-8-14(23-4)15(13)24-5/h6-9,11H,10H2,1-5H3. The van der Waals surface area contributed by atoms with E-state index in [-0.39, 0.29) is 0 Å². The molecule has 0 saturated carbocycles. The fraction of sp³-hybridized carbons (Fsp3) is 0.389. The number of aromatic nitrogens is 4. The summed E-state index contributed by atoms with van der Waals surface area (Å²) in [6.07, 6.45) is 0. The van der Waals surface area contributed by atoms with Gasteiger partial charge < -0.3 is 14.0 Å². The van der Waals surface area contributed by atoms with Gasteiger partial charge in [0.1, 0.15) is 10.8 Å². The zero-order chi connectivity index (χ0) is 18.7. The summed E-state index contributed by atoms with van der Waals surface area (Å²) in [5, 5.41) is 12.4. The number of para-hydroxylation sites is 1. The Balaban J connectivity index is 1.77. The molecule has 0 unspecified atom stereocenters. The molecule has 0 aliphatic rings. The fourth-order valence-corrected chi connectivity index (χ4v) is 4.40. The molecule has 0 saturated heterocycles. The summed E-state index contributed by atoms with van der Waals surface area (Å²) >= 11 is 3.24. The molecule has 0 fully saturated rings. The van der Waals surface area contributed by atoms with Crippen LogP contribution in [-0.2, 0) is 12.8 Å². The lowest BCUT2D eigenvalue weighted by molar-refractivity contribution is 0.356. The van der Waals surface area contributed by atoms with Crippen molar-refractivity contribution in [2.45, 2.75) is 30.7 Å². The molecule has 26 heavy (non-hydrogen) atoms. The lowest BCUT2D eigenvalue weighted by Crippen LogP contribution is -2.00. The molecule has 2 heterocycles. The second kappa shape index (κ2) is 8.09. The number of nitrogens with zero attached hydrogens (tertiary/aromatic N) is 4. The van der Waals surface area contributed by atoms with Gasteiger partial charge in [0.25, 0.3) is 0 Å². The summed E-state index contributed by atoms with van der Waals surface area (Å²) < 4.78 is 12.9. The third kappa shape index (κ3) is 3.71. The van der Waals surface area contributed by atoms with Gasteiger partial charge in [-0.05, 0) is 12.1 Å². The third-order valence-electron chi connectivity index (χ3n) is 3.92. The SMILES string of the molecule is COc1cccc(-c2nc(CSc3nnc(C(C)C)n3C)cs2)c1OC. The number of hydrogen-bond donors (Lipinski definition) is 0. The zero-order valence-electron chi connectivity index (χ0n) is 15.5. The maximum atomic E-state index is 5.52. The molecule has 8 heteroatoms. The molecule has 3 rings (SSSR count). The highest BCUT2D eigenvalue weighted by atomic mass is 32.2. The van der Waals surface area contributed by atoms with Crippen LogP contribution in [0.4, 0.5) is 0 Å². The highest BCUT2D eigenvalue weighted by molar-refractivity contribution is 7.98. The Morgan fingerprint density at radius 3 is 2.65 bits per heavy atom. The van der Waals surface area contributed by atoms with Gasteiger partial charge >= 0.3 is 0 Å². The summed E-state index contributed by atoms with van der Waals surface area (Å²) in [6, 6.07) is 5.82. The minimum absolute atomic E-state index is 0.355. The van der Waals surface area contributed by atoms with E-state index in [1.807, 2.05) is 29.8 Å². The van der Waals surface area contributed by atoms with Gasteiger partial charge in [-0.3, -0.25) is 0 Å². The van der Waals surface area contributed by atoms with Crippen molar-refractivity contribution in [3.8, 4) is 22.1 Å². The van der Waals surface area contributed by atoms with Gasteiger partial charge in [0.2, 0.25) is 0 Å². The third-order valence-corrected chi connectivity index (χ3v) is 5.90. The van der Waals surface area contributed by atoms with Gasteiger partial charge in [-0.25, -0.2) is 4.98 Å². The molecule has 0 bridgehead atoms. The van der Waals surface area contributed by atoms with Gasteiger partial charge in [-0.15, -0.1) is 21.5 Å². The van der Waals surface area contributed by atoms with Crippen molar-refractivity contribution in [2.24, 2.45) is 7.05 Å². The van der Waals surface area contributed by atoms with E-state index in [4.69, 9.17) is 14.5 Å². The maximum absolute atomic E-state index is 5.52. The Labute approximate surface area is 161 Å². The first-order valence-corrected chi connectivity index (χ1v) is 10.1. The molecule has 0 N–H and O–H groups in total. The molecule has 0 radical (unpaired) electrons. The van der Waals surface area contributed by atoms with Crippen molar-refractivity contribution in [2.75, 3.05) is 14.2 Å². The number of methoxy groups -OCH3 is 2. The lowest BCUT2D eigenvalue weighted by atomic mass is 10.2. The fourth-order valence-electron chi connectivity index (χ4n) is 2.65. The van der Waals surface area contributed by atoms with Crippen LogP contribution in [0.5, 0.6) is 11.5 Å². The van der Waals surface area contributed by atoms with Crippen molar-refractivity contribution in [3.05, 3.63) is 35.1 Å². The molecule has 1 aromatic carbocycles. The molecule has 138 valence electrons. The van der Waals surface area contributed by atoms with Crippen LogP contribution in [0.2, 0.25) is 0 Å². The van der Waals surface area contributed by atoms with E-state index in [9.17, 15) is 0 Å². The van der Waals surface area contributed by atoms with E-state index in [2.05, 4.69) is 29.4 Å². The highest BCUT2D eigenvalue weighted by Crippen LogP contribution is 2.39. The first kappa shape index (κ1) is 18.7. The van der Waals surface area contributed by atoms with Crippen LogP contribution in [0.25, 0.3) is 10.6 Å². The zero-order valence-corrected chi connectivity index (χ0v) is 17.1. The normalized spacial score (nSPS) is 11.2. The second-order valence-electron chi connectivity index (χ2n) is 6.03. The van der Waals surface area contributed by atoms with Gasteiger partial charge in [0, 0.05) is 24.1 Å². The molecule has 3 aromatic rings. The van der Waals surface area contributed by atoms with Crippen LogP contribution >= 0.6 is 23.1 Å². The molecule has 0 aliphatic heterocycles. The molecule has 2 aromatic heterocycles. The predicted octanol–water partition coefficient (Wildman–Crippen LogP) is 4.37. The quantitative estimate of drug-likeness (QED) is 0.558. The summed E-state index contributed by atoms with van der Waals surface area (Å²) in [5.41, 5.74) is 1.95. The van der Waals surface area contributed by atoms with E-state index < -0.39 is 0 Å². The van der Waals surface area contributed by atoms with Gasteiger partial charge in [0.05, 0.1) is 25.5 Å². The predicted molar refractivity (Wildman–Crippen MR) is 105 cm³/mol. The van der Waals surface area contributed by atoms with Crippen molar-refractivity contribution < 1.29 is 9.47 Å². The Kier molecular flexibility index (Phi) is 5.83. The minimum Gasteiger partial charge on any atom is -0.493 e. The highest BCUT2D eigenvalue weighted by Gasteiger charge is 2.16. The van der Waals surface area contributed by atoms with E-state index in [1.165, 1.54) is 0 Å². The molecule has 0 aliphatic carbocycles. The van der Waals surface area contributed by atoms with E-state index in [0.717, 1.165) is 33.0 Å². The maximum Gasteiger partial charge on any atom is 0.191 e. The largest absolute Gasteiger partial charge is 0.493 e. The topological polar surface area (TPSA) is 62.1 Å². The average molecular weight is 391 g/mol. The van der Waals surface area contributed by atoms with Gasteiger partial charge in [-0.2, -0.15) is 0 Å². The Morgan fingerprint density at radius 1 is 1.19 bits per heavy atom. The first-order valence-electron chi connectivity index (χ1n) is 8.23. The second-order valence-corrected chi connectivity index (χ2v) is 7.83. The molecular weight excluding hydrogens is 368 g/mol. The van der Waals surface area contributed by atoms with Gasteiger partial charge in [-0.1, -0.05) is 31.7 Å². The van der Waals surface area contributed by atoms with Crippen LogP contribution in [0.3, 0.4) is 0 Å². The van der Waals surface area contributed by atoms with E-state index >= 15 is 0 Å². The van der Waals surface area contributed by atoms with Crippen LogP contribution < -0.4 is 9.47 Å². The molecular formula is C18H22N4O2S2. The minimum atomic E-state index is 0.355. The monoisotopic (exact) mass is 390 g/mol. The van der Waals surface area contributed by atoms with Gasteiger partial charge in [0.15, 0.2) is 16.7 Å². The lowest BCUT2D eigenvalue weighted by Gasteiger charge is -2.10. The number of rotatable bonds is 7. The number of ether oxygens (including phenoxy) is 2. The molecule has 0 amide bonds. The van der Waals surface area contributed by atoms with E-state index in [0.29, 0.717) is 17.4 Å². The molecule has 0 atom stereocenters. The van der Waals surface area contributed by atoms with Crippen LogP contribution in [-0.4, -0.2) is 34.0 Å². The van der Waals surface area contributed by atoms with E-state index in [1.54, 1.807) is 37.3 Å². The van der Waals surface area contributed by atoms with Crippen LogP contribution in [0.1, 0.15) is 31.3 Å². The number of hydrogen-bond acceptors (Lipinski definition) is 7. The Morgan fingerprint density at radius 2 is 2.00 bits per heavy atom. The first-order chi connectivity index (χ1) is 12.5. The molecule has 6 nitrogen and oxygen atoms in total. The number of thiazole rings is 1. The van der Waals surface area contributed by atoms with Crippen molar-refractivity contribution >= 4 is 23.1 Å². The summed E-state index contributed by atoms with van der Waals surface area (Å²) in [5.74, 6) is 3.50. The van der Waals surface area contributed by atoms with Crippen molar-refractivity contribution in [1.82, 2.24) is 19.7 Å². The smallest absolute Gasteiger partial charge is 0.191 e. The Bertz CT molecular complexity index is 889. The van der Waals surface area contributed by atoms with Crippen molar-refractivity contribution in [3.63, 3.8) is 0 Å². The average Bonchev–Trinajstić information content (AvgIpc) is 3.25. The molecule has 0 spiro atoms. The summed E-state index contributed by atoms with van der Waals surface area (Å²) in [4.78, 5) is 4.76. The van der Waals surface area contributed by atoms with Crippen LogP contribution in [0.15, 0.2) is 28.7 Å². The summed E-state index contributed by atoms with van der Waals surface area (Å²) in [7, 11) is 5.29. The summed E-state index contributed by atoms with van der Waals surface area (Å²) in [6.45, 7) is 4.24. The van der Waals surface area contributed by atoms with Crippen molar-refractivity contribution in [1.29, 1.82) is 0 Å². The van der Waals surface area contributed by atoms with Crippen LogP contribution in [0, 0.1) is 0 Å². The number of benzene rings is 1. The number of thioether (sulfide) groups is 1.